The van der Waals surface area contributed by atoms with Crippen LogP contribution in [-0.4, -0.2) is 29.3 Å². The lowest BCUT2D eigenvalue weighted by Crippen LogP contribution is -2.34. The van der Waals surface area contributed by atoms with E-state index in [9.17, 15) is 14.4 Å². The maximum atomic E-state index is 10.7. The van der Waals surface area contributed by atoms with Gasteiger partial charge in [0.1, 0.15) is 0 Å². The van der Waals surface area contributed by atoms with Crippen LogP contribution in [0.3, 0.4) is 0 Å². The zero-order chi connectivity index (χ0) is 9.56. The summed E-state index contributed by atoms with van der Waals surface area (Å²) in [5, 5.41) is 10.5. The lowest BCUT2D eigenvalue weighted by molar-refractivity contribution is -0.137. The second-order valence-corrected chi connectivity index (χ2v) is 2.38. The van der Waals surface area contributed by atoms with Crippen molar-refractivity contribution in [3.05, 3.63) is 0 Å². The minimum atomic E-state index is -0.978. The Morgan fingerprint density at radius 2 is 2.17 bits per heavy atom. The molecule has 0 aromatic heterocycles. The number of Topliss-reactive ketones (excluding diaryl/α,β-unsaturated/α-hetero) is 1. The van der Waals surface area contributed by atoms with Crippen LogP contribution in [0, 0.1) is 0 Å². The molecule has 0 radical (unpaired) electrons. The number of carboxylic acids is 1. The molecule has 0 aliphatic rings. The molecule has 0 saturated heterocycles. The van der Waals surface area contributed by atoms with Gasteiger partial charge in [0.05, 0.1) is 6.04 Å². The molecule has 0 rings (SSSR count). The topological polar surface area (TPSA) is 83.5 Å². The van der Waals surface area contributed by atoms with Crippen molar-refractivity contribution in [2.45, 2.75) is 25.8 Å². The molecule has 0 spiro atoms. The first-order valence-electron chi connectivity index (χ1n) is 3.50. The molecule has 0 fully saturated rings. The smallest absolute Gasteiger partial charge is 0.303 e. The van der Waals surface area contributed by atoms with Crippen molar-refractivity contribution in [1.82, 2.24) is 5.32 Å². The monoisotopic (exact) mass is 173 g/mol. The van der Waals surface area contributed by atoms with E-state index >= 15 is 0 Å². The number of hydrogen-bond acceptors (Lipinski definition) is 3. The van der Waals surface area contributed by atoms with Crippen molar-refractivity contribution < 1.29 is 19.5 Å². The van der Waals surface area contributed by atoms with Crippen LogP contribution in [0.1, 0.15) is 19.8 Å². The summed E-state index contributed by atoms with van der Waals surface area (Å²) in [5.74, 6) is -1.21. The molecule has 1 amide bonds. The molecule has 5 heteroatoms. The average molecular weight is 173 g/mol. The van der Waals surface area contributed by atoms with E-state index in [1.54, 1.807) is 0 Å². The van der Waals surface area contributed by atoms with Crippen molar-refractivity contribution in [3.63, 3.8) is 0 Å². The highest BCUT2D eigenvalue weighted by atomic mass is 16.4. The standard InChI is InChI=1S/C7H11NO4/c1-5(10)6(8-4-9)2-3-7(11)12/h4,6H,2-3H2,1H3,(H,8,9)(H,11,12)/t6-/m0/s1. The Morgan fingerprint density at radius 3 is 2.50 bits per heavy atom. The summed E-state index contributed by atoms with van der Waals surface area (Å²) in [6, 6.07) is -0.668. The lowest BCUT2D eigenvalue weighted by atomic mass is 10.1. The Morgan fingerprint density at radius 1 is 1.58 bits per heavy atom. The number of amides is 1. The van der Waals surface area contributed by atoms with Crippen molar-refractivity contribution in [2.24, 2.45) is 0 Å². The Hall–Kier alpha value is -1.39. The second-order valence-electron chi connectivity index (χ2n) is 2.38. The Kier molecular flexibility index (Phi) is 4.67. The largest absolute Gasteiger partial charge is 0.481 e. The van der Waals surface area contributed by atoms with E-state index in [1.807, 2.05) is 0 Å². The average Bonchev–Trinajstić information content (AvgIpc) is 1.96. The van der Waals surface area contributed by atoms with Crippen molar-refractivity contribution in [1.29, 1.82) is 0 Å². The van der Waals surface area contributed by atoms with Crippen LogP contribution < -0.4 is 5.32 Å². The van der Waals surface area contributed by atoms with Crippen molar-refractivity contribution in [3.8, 4) is 0 Å². The third kappa shape index (κ3) is 4.43. The van der Waals surface area contributed by atoms with Crippen LogP contribution in [0.5, 0.6) is 0 Å². The first-order chi connectivity index (χ1) is 5.57. The van der Waals surface area contributed by atoms with Crippen molar-refractivity contribution >= 4 is 18.2 Å². The molecule has 0 unspecified atom stereocenters. The van der Waals surface area contributed by atoms with Gasteiger partial charge < -0.3 is 10.4 Å². The molecule has 0 bridgehead atoms. The van der Waals surface area contributed by atoms with Crippen LogP contribution >= 0.6 is 0 Å². The summed E-state index contributed by atoms with van der Waals surface area (Å²) in [5.41, 5.74) is 0. The van der Waals surface area contributed by atoms with Gasteiger partial charge in [-0.15, -0.1) is 0 Å². The van der Waals surface area contributed by atoms with Gasteiger partial charge in [-0.05, 0) is 13.3 Å². The first-order valence-corrected chi connectivity index (χ1v) is 3.50. The number of carbonyl (C=O) groups is 3. The molecular weight excluding hydrogens is 162 g/mol. The van der Waals surface area contributed by atoms with Gasteiger partial charge in [-0.2, -0.15) is 0 Å². The number of aliphatic carboxylic acids is 1. The molecule has 0 aliphatic heterocycles. The van der Waals surface area contributed by atoms with Crippen LogP contribution in [-0.2, 0) is 14.4 Å². The van der Waals surface area contributed by atoms with Gasteiger partial charge in [0, 0.05) is 6.42 Å². The highest BCUT2D eigenvalue weighted by Crippen LogP contribution is 1.97. The number of carboxylic acid groups (broad SMARTS) is 1. The summed E-state index contributed by atoms with van der Waals surface area (Å²) in [4.78, 5) is 30.8. The predicted molar refractivity (Wildman–Crippen MR) is 40.5 cm³/mol. The lowest BCUT2D eigenvalue weighted by Gasteiger charge is -2.09. The molecule has 0 saturated carbocycles. The van der Waals surface area contributed by atoms with Crippen LogP contribution in [0.2, 0.25) is 0 Å². The molecule has 1 atom stereocenters. The van der Waals surface area contributed by atoms with Gasteiger partial charge >= 0.3 is 5.97 Å². The highest BCUT2D eigenvalue weighted by molar-refractivity contribution is 5.83. The highest BCUT2D eigenvalue weighted by Gasteiger charge is 2.13. The molecule has 68 valence electrons. The van der Waals surface area contributed by atoms with E-state index in [2.05, 4.69) is 5.32 Å². The number of hydrogen-bond donors (Lipinski definition) is 2. The van der Waals surface area contributed by atoms with Gasteiger partial charge in [0.15, 0.2) is 5.78 Å². The van der Waals surface area contributed by atoms with E-state index in [-0.39, 0.29) is 18.6 Å². The summed E-state index contributed by atoms with van der Waals surface area (Å²) < 4.78 is 0. The van der Waals surface area contributed by atoms with E-state index < -0.39 is 12.0 Å². The Labute approximate surface area is 69.8 Å². The maximum Gasteiger partial charge on any atom is 0.303 e. The van der Waals surface area contributed by atoms with E-state index in [4.69, 9.17) is 5.11 Å². The maximum absolute atomic E-state index is 10.7. The van der Waals surface area contributed by atoms with E-state index in [1.165, 1.54) is 6.92 Å². The molecule has 2 N–H and O–H groups in total. The summed E-state index contributed by atoms with van der Waals surface area (Å²) >= 11 is 0. The van der Waals surface area contributed by atoms with E-state index in [0.717, 1.165) is 0 Å². The fourth-order valence-corrected chi connectivity index (χ4v) is 0.754. The molecule has 0 aromatic carbocycles. The van der Waals surface area contributed by atoms with Crippen LogP contribution in [0.4, 0.5) is 0 Å². The van der Waals surface area contributed by atoms with Gasteiger partial charge in [0.25, 0.3) is 0 Å². The summed E-state index contributed by atoms with van der Waals surface area (Å²) in [7, 11) is 0. The van der Waals surface area contributed by atoms with E-state index in [0.29, 0.717) is 6.41 Å². The fraction of sp³-hybridized carbons (Fsp3) is 0.571. The SMILES string of the molecule is CC(=O)[C@H](CCC(=O)O)NC=O. The quantitative estimate of drug-likeness (QED) is 0.533. The third-order valence-electron chi connectivity index (χ3n) is 1.41. The molecule has 0 heterocycles. The first kappa shape index (κ1) is 10.6. The minimum Gasteiger partial charge on any atom is -0.481 e. The summed E-state index contributed by atoms with van der Waals surface area (Å²) in [6.07, 6.45) is 0.419. The number of ketones is 1. The summed E-state index contributed by atoms with van der Waals surface area (Å²) in [6.45, 7) is 1.31. The van der Waals surface area contributed by atoms with Gasteiger partial charge in [-0.3, -0.25) is 14.4 Å². The Balaban J connectivity index is 3.86. The van der Waals surface area contributed by atoms with Gasteiger partial charge in [0.2, 0.25) is 6.41 Å². The molecular formula is C7H11NO4. The van der Waals surface area contributed by atoms with Crippen LogP contribution in [0.15, 0.2) is 0 Å². The number of rotatable bonds is 6. The third-order valence-corrected chi connectivity index (χ3v) is 1.41. The van der Waals surface area contributed by atoms with Gasteiger partial charge in [-0.1, -0.05) is 0 Å². The number of nitrogens with one attached hydrogen (secondary N) is 1. The molecule has 12 heavy (non-hydrogen) atoms. The zero-order valence-electron chi connectivity index (χ0n) is 6.74. The van der Waals surface area contributed by atoms with Gasteiger partial charge in [-0.25, -0.2) is 0 Å². The molecule has 5 nitrogen and oxygen atoms in total. The fourth-order valence-electron chi connectivity index (χ4n) is 0.754. The van der Waals surface area contributed by atoms with Crippen LogP contribution in [0.25, 0.3) is 0 Å². The number of carbonyl (C=O) groups excluding carboxylic acids is 2. The predicted octanol–water partition coefficient (Wildman–Crippen LogP) is -0.445. The molecule has 0 aromatic rings. The minimum absolute atomic E-state index is 0.120. The van der Waals surface area contributed by atoms with Crippen molar-refractivity contribution in [2.75, 3.05) is 0 Å². The second kappa shape index (κ2) is 5.29. The molecule has 0 aliphatic carbocycles. The normalized spacial score (nSPS) is 11.8. The zero-order valence-corrected chi connectivity index (χ0v) is 6.74. The Bertz CT molecular complexity index is 190.